The van der Waals surface area contributed by atoms with Gasteiger partial charge in [-0.1, -0.05) is 0 Å². The lowest BCUT2D eigenvalue weighted by atomic mass is 10.3. The van der Waals surface area contributed by atoms with Crippen molar-refractivity contribution in [1.29, 1.82) is 0 Å². The Labute approximate surface area is 136 Å². The predicted octanol–water partition coefficient (Wildman–Crippen LogP) is 0.702. The number of rotatable bonds is 8. The first-order chi connectivity index (χ1) is 10.9. The molecule has 0 aliphatic heterocycles. The monoisotopic (exact) mass is 357 g/mol. The number of nitrogens with zero attached hydrogens (tertiary/aromatic N) is 2. The van der Waals surface area contributed by atoms with E-state index in [9.17, 15) is 18.5 Å². The van der Waals surface area contributed by atoms with Crippen LogP contribution in [0.25, 0.3) is 0 Å². The third-order valence-electron chi connectivity index (χ3n) is 2.82. The second kappa shape index (κ2) is 7.46. The molecule has 0 radical (unpaired) electrons. The Balaban J connectivity index is 1.80. The van der Waals surface area contributed by atoms with Gasteiger partial charge in [0.15, 0.2) is 5.13 Å². The fourth-order valence-corrected chi connectivity index (χ4v) is 3.41. The van der Waals surface area contributed by atoms with E-state index in [-0.39, 0.29) is 17.1 Å². The van der Waals surface area contributed by atoms with Crippen LogP contribution < -0.4 is 15.8 Å². The summed E-state index contributed by atoms with van der Waals surface area (Å²) in [5, 5.41) is 14.1. The number of nitrogen functional groups attached to an aromatic ring is 1. The number of nitrogens with one attached hydrogen (secondary N) is 2. The van der Waals surface area contributed by atoms with Gasteiger partial charge in [-0.2, -0.15) is 0 Å². The van der Waals surface area contributed by atoms with E-state index < -0.39 is 14.9 Å². The number of nitro groups is 1. The maximum absolute atomic E-state index is 12.0. The van der Waals surface area contributed by atoms with Gasteiger partial charge < -0.3 is 11.1 Å². The number of benzene rings is 1. The molecule has 11 heteroatoms. The fraction of sp³-hybridized carbons (Fsp3) is 0.250. The summed E-state index contributed by atoms with van der Waals surface area (Å²) in [4.78, 5) is 14.8. The van der Waals surface area contributed by atoms with Crippen LogP contribution in [0.1, 0.15) is 4.88 Å². The molecule has 0 aliphatic rings. The molecule has 0 fully saturated rings. The summed E-state index contributed by atoms with van der Waals surface area (Å²) < 4.78 is 26.5. The molecule has 0 atom stereocenters. The minimum Gasteiger partial charge on any atom is -0.375 e. The number of sulfonamides is 1. The maximum Gasteiger partial charge on any atom is 0.269 e. The Morgan fingerprint density at radius 1 is 1.26 bits per heavy atom. The van der Waals surface area contributed by atoms with Crippen molar-refractivity contribution in [1.82, 2.24) is 15.0 Å². The molecule has 2 rings (SSSR count). The van der Waals surface area contributed by atoms with Crippen LogP contribution in [0.4, 0.5) is 10.8 Å². The molecule has 1 heterocycles. The van der Waals surface area contributed by atoms with Crippen LogP contribution in [0, 0.1) is 10.1 Å². The van der Waals surface area contributed by atoms with Crippen molar-refractivity contribution in [3.05, 3.63) is 45.5 Å². The van der Waals surface area contributed by atoms with Gasteiger partial charge in [0.05, 0.1) is 9.82 Å². The molecule has 23 heavy (non-hydrogen) atoms. The Morgan fingerprint density at radius 2 is 1.96 bits per heavy atom. The normalized spacial score (nSPS) is 11.5. The topological polar surface area (TPSA) is 140 Å². The maximum atomic E-state index is 12.0. The molecule has 2 aromatic rings. The summed E-state index contributed by atoms with van der Waals surface area (Å²) in [7, 11) is -3.69. The van der Waals surface area contributed by atoms with Crippen molar-refractivity contribution < 1.29 is 13.3 Å². The van der Waals surface area contributed by atoms with Gasteiger partial charge in [0.1, 0.15) is 0 Å². The Kier molecular flexibility index (Phi) is 5.60. The van der Waals surface area contributed by atoms with Crippen molar-refractivity contribution >= 4 is 32.2 Å². The summed E-state index contributed by atoms with van der Waals surface area (Å²) in [6, 6.07) is 4.71. The third-order valence-corrected chi connectivity index (χ3v) is 5.13. The highest BCUT2D eigenvalue weighted by atomic mass is 32.2. The third kappa shape index (κ3) is 4.96. The van der Waals surface area contributed by atoms with Crippen LogP contribution in [-0.4, -0.2) is 31.4 Å². The first-order valence-electron chi connectivity index (χ1n) is 6.53. The highest BCUT2D eigenvalue weighted by Crippen LogP contribution is 2.15. The Bertz CT molecular complexity index is 773. The van der Waals surface area contributed by atoms with Gasteiger partial charge in [0.25, 0.3) is 5.69 Å². The van der Waals surface area contributed by atoms with E-state index in [1.165, 1.54) is 23.5 Å². The highest BCUT2D eigenvalue weighted by Gasteiger charge is 2.15. The summed E-state index contributed by atoms with van der Waals surface area (Å²) in [5.41, 5.74) is 5.35. The molecule has 124 valence electrons. The van der Waals surface area contributed by atoms with E-state index in [2.05, 4.69) is 15.0 Å². The largest absolute Gasteiger partial charge is 0.375 e. The SMILES string of the molecule is Nc1ncc(CNCCNS(=O)(=O)c2ccc([N+](=O)[O-])cc2)s1. The lowest BCUT2D eigenvalue weighted by Crippen LogP contribution is -2.31. The first-order valence-corrected chi connectivity index (χ1v) is 8.83. The number of non-ortho nitro benzene ring substituents is 1. The molecule has 0 spiro atoms. The van der Waals surface area contributed by atoms with Gasteiger partial charge >= 0.3 is 0 Å². The van der Waals surface area contributed by atoms with Gasteiger partial charge in [0.2, 0.25) is 10.0 Å². The number of anilines is 1. The summed E-state index contributed by atoms with van der Waals surface area (Å²) in [5.74, 6) is 0. The number of hydrogen-bond donors (Lipinski definition) is 3. The molecule has 0 aliphatic carbocycles. The molecule has 0 amide bonds. The molecule has 4 N–H and O–H groups in total. The quantitative estimate of drug-likeness (QED) is 0.359. The van der Waals surface area contributed by atoms with Crippen LogP contribution in [0.3, 0.4) is 0 Å². The van der Waals surface area contributed by atoms with Crippen LogP contribution in [0.5, 0.6) is 0 Å². The fourth-order valence-electron chi connectivity index (χ4n) is 1.72. The van der Waals surface area contributed by atoms with Gasteiger partial charge in [-0.15, -0.1) is 11.3 Å². The molecule has 0 saturated carbocycles. The Hall–Kier alpha value is -2.08. The van der Waals surface area contributed by atoms with Gasteiger partial charge in [-0.3, -0.25) is 10.1 Å². The highest BCUT2D eigenvalue weighted by molar-refractivity contribution is 7.89. The van der Waals surface area contributed by atoms with Crippen LogP contribution >= 0.6 is 11.3 Å². The second-order valence-electron chi connectivity index (χ2n) is 4.49. The van der Waals surface area contributed by atoms with Crippen LogP contribution in [0.15, 0.2) is 35.4 Å². The zero-order chi connectivity index (χ0) is 16.9. The van der Waals surface area contributed by atoms with Gasteiger partial charge in [-0.25, -0.2) is 18.1 Å². The van der Waals surface area contributed by atoms with Crippen molar-refractivity contribution in [3.8, 4) is 0 Å². The van der Waals surface area contributed by atoms with Crippen molar-refractivity contribution in [2.24, 2.45) is 0 Å². The van der Waals surface area contributed by atoms with Gasteiger partial charge in [-0.05, 0) is 12.1 Å². The average Bonchev–Trinajstić information content (AvgIpc) is 2.92. The van der Waals surface area contributed by atoms with E-state index in [0.29, 0.717) is 18.2 Å². The van der Waals surface area contributed by atoms with Crippen molar-refractivity contribution in [2.45, 2.75) is 11.4 Å². The van der Waals surface area contributed by atoms with Gasteiger partial charge in [0, 0.05) is 42.8 Å². The molecule has 9 nitrogen and oxygen atoms in total. The molecule has 0 saturated heterocycles. The number of thiazole rings is 1. The van der Waals surface area contributed by atoms with E-state index in [0.717, 1.165) is 17.0 Å². The zero-order valence-electron chi connectivity index (χ0n) is 11.9. The molecule has 0 unspecified atom stereocenters. The minimum atomic E-state index is -3.69. The second-order valence-corrected chi connectivity index (χ2v) is 7.40. The Morgan fingerprint density at radius 3 is 2.52 bits per heavy atom. The number of aromatic nitrogens is 1. The summed E-state index contributed by atoms with van der Waals surface area (Å²) >= 11 is 1.36. The molecule has 0 bridgehead atoms. The predicted molar refractivity (Wildman–Crippen MR) is 86.5 cm³/mol. The van der Waals surface area contributed by atoms with E-state index in [1.54, 1.807) is 6.20 Å². The average molecular weight is 357 g/mol. The molecule has 1 aromatic heterocycles. The number of hydrogen-bond acceptors (Lipinski definition) is 8. The number of nitro benzene ring substituents is 1. The molecular weight excluding hydrogens is 342 g/mol. The smallest absolute Gasteiger partial charge is 0.269 e. The van der Waals surface area contributed by atoms with E-state index >= 15 is 0 Å². The van der Waals surface area contributed by atoms with E-state index in [4.69, 9.17) is 5.73 Å². The lowest BCUT2D eigenvalue weighted by molar-refractivity contribution is -0.384. The molecule has 1 aromatic carbocycles. The molecular formula is C12H15N5O4S2. The van der Waals surface area contributed by atoms with Crippen molar-refractivity contribution in [2.75, 3.05) is 18.8 Å². The first kappa shape index (κ1) is 17.3. The number of nitrogens with two attached hydrogens (primary N) is 1. The van der Waals surface area contributed by atoms with Crippen LogP contribution in [-0.2, 0) is 16.6 Å². The summed E-state index contributed by atoms with van der Waals surface area (Å²) in [6.45, 7) is 1.16. The summed E-state index contributed by atoms with van der Waals surface area (Å²) in [6.07, 6.45) is 1.66. The standard InChI is InChI=1S/C12H15N5O4S2/c13-12-15-8-10(22-12)7-14-5-6-16-23(20,21)11-3-1-9(2-4-11)17(18)19/h1-4,8,14,16H,5-7H2,(H2,13,15). The lowest BCUT2D eigenvalue weighted by Gasteiger charge is -2.07. The zero-order valence-corrected chi connectivity index (χ0v) is 13.6. The van der Waals surface area contributed by atoms with Crippen LogP contribution in [0.2, 0.25) is 0 Å². The van der Waals surface area contributed by atoms with E-state index in [1.807, 2.05) is 0 Å². The minimum absolute atomic E-state index is 0.0154. The van der Waals surface area contributed by atoms with Crippen molar-refractivity contribution in [3.63, 3.8) is 0 Å².